The fraction of sp³-hybridized carbons (Fsp3) is 0.538. The minimum absolute atomic E-state index is 0.425. The molecule has 1 aromatic rings. The summed E-state index contributed by atoms with van der Waals surface area (Å²) in [4.78, 5) is 9.56. The zero-order valence-electron chi connectivity index (χ0n) is 11.1. The molecule has 1 fully saturated rings. The topological polar surface area (TPSA) is 45.4 Å². The van der Waals surface area contributed by atoms with E-state index in [4.69, 9.17) is 18.0 Å². The third-order valence-electron chi connectivity index (χ3n) is 3.71. The monoisotopic (exact) mass is 264 g/mol. The predicted octanol–water partition coefficient (Wildman–Crippen LogP) is 1.24. The second kappa shape index (κ2) is 5.20. The average molecular weight is 264 g/mol. The van der Waals surface area contributed by atoms with Gasteiger partial charge in [-0.05, 0) is 33.0 Å². The van der Waals surface area contributed by atoms with Crippen LogP contribution in [0.5, 0.6) is 0 Å². The lowest BCUT2D eigenvalue weighted by atomic mass is 10.1. The minimum Gasteiger partial charge on any atom is -0.389 e. The molecule has 0 amide bonds. The maximum absolute atomic E-state index is 5.67. The van der Waals surface area contributed by atoms with Crippen LogP contribution >= 0.6 is 12.2 Å². The molecule has 4 nitrogen and oxygen atoms in total. The van der Waals surface area contributed by atoms with Crippen molar-refractivity contribution in [3.8, 4) is 0 Å². The van der Waals surface area contributed by atoms with Crippen molar-refractivity contribution in [2.45, 2.75) is 25.9 Å². The number of anilines is 1. The first-order valence-corrected chi connectivity index (χ1v) is 6.62. The number of thiocarbonyl (C=S) groups is 1. The van der Waals surface area contributed by atoms with Crippen molar-refractivity contribution < 1.29 is 0 Å². The van der Waals surface area contributed by atoms with Crippen molar-refractivity contribution in [3.63, 3.8) is 0 Å². The van der Waals surface area contributed by atoms with Gasteiger partial charge in [0.15, 0.2) is 0 Å². The molecule has 2 unspecified atom stereocenters. The number of piperazine rings is 1. The molecular formula is C13H20N4S. The van der Waals surface area contributed by atoms with Gasteiger partial charge in [0.25, 0.3) is 0 Å². The van der Waals surface area contributed by atoms with Crippen LogP contribution in [0.1, 0.15) is 19.4 Å². The summed E-state index contributed by atoms with van der Waals surface area (Å²) in [6, 6.07) is 4.87. The molecule has 0 bridgehead atoms. The van der Waals surface area contributed by atoms with Gasteiger partial charge >= 0.3 is 0 Å². The third kappa shape index (κ3) is 2.62. The smallest absolute Gasteiger partial charge is 0.129 e. The Morgan fingerprint density at radius 1 is 1.39 bits per heavy atom. The van der Waals surface area contributed by atoms with Crippen LogP contribution in [-0.2, 0) is 0 Å². The first-order chi connectivity index (χ1) is 8.49. The van der Waals surface area contributed by atoms with Gasteiger partial charge in [-0.1, -0.05) is 12.2 Å². The molecule has 0 aliphatic carbocycles. The lowest BCUT2D eigenvalue weighted by molar-refractivity contribution is 0.169. The van der Waals surface area contributed by atoms with Crippen LogP contribution in [0.3, 0.4) is 0 Å². The molecule has 1 aliphatic rings. The molecule has 18 heavy (non-hydrogen) atoms. The van der Waals surface area contributed by atoms with Gasteiger partial charge < -0.3 is 10.6 Å². The quantitative estimate of drug-likeness (QED) is 0.814. The number of nitrogens with zero attached hydrogens (tertiary/aromatic N) is 3. The van der Waals surface area contributed by atoms with Gasteiger partial charge in [-0.2, -0.15) is 0 Å². The van der Waals surface area contributed by atoms with E-state index in [1.807, 2.05) is 12.1 Å². The highest BCUT2D eigenvalue weighted by Crippen LogP contribution is 2.20. The Morgan fingerprint density at radius 3 is 2.56 bits per heavy atom. The highest BCUT2D eigenvalue weighted by Gasteiger charge is 2.27. The largest absolute Gasteiger partial charge is 0.389 e. The summed E-state index contributed by atoms with van der Waals surface area (Å²) in [6.45, 7) is 6.43. The zero-order valence-corrected chi connectivity index (χ0v) is 11.9. The Labute approximate surface area is 114 Å². The predicted molar refractivity (Wildman–Crippen MR) is 79.0 cm³/mol. The summed E-state index contributed by atoms with van der Waals surface area (Å²) < 4.78 is 0. The summed E-state index contributed by atoms with van der Waals surface area (Å²) in [5.74, 6) is 0.965. The van der Waals surface area contributed by atoms with Crippen molar-refractivity contribution in [1.29, 1.82) is 0 Å². The minimum atomic E-state index is 0.425. The summed E-state index contributed by atoms with van der Waals surface area (Å²) >= 11 is 5.01. The van der Waals surface area contributed by atoms with E-state index in [1.54, 1.807) is 6.20 Å². The number of hydrogen-bond donors (Lipinski definition) is 1. The second-order valence-electron chi connectivity index (χ2n) is 5.04. The summed E-state index contributed by atoms with van der Waals surface area (Å²) in [7, 11) is 2.17. The number of hydrogen-bond acceptors (Lipinski definition) is 4. The van der Waals surface area contributed by atoms with Crippen molar-refractivity contribution in [3.05, 3.63) is 23.9 Å². The van der Waals surface area contributed by atoms with E-state index in [1.165, 1.54) is 0 Å². The molecule has 2 heterocycles. The highest BCUT2D eigenvalue weighted by atomic mass is 32.1. The fourth-order valence-corrected chi connectivity index (χ4v) is 2.46. The van der Waals surface area contributed by atoms with Crippen LogP contribution in [-0.4, -0.2) is 47.1 Å². The van der Waals surface area contributed by atoms with Gasteiger partial charge in [-0.3, -0.25) is 4.90 Å². The van der Waals surface area contributed by atoms with E-state index in [0.29, 0.717) is 17.1 Å². The number of nitrogens with two attached hydrogens (primary N) is 1. The van der Waals surface area contributed by atoms with Crippen LogP contribution in [0.2, 0.25) is 0 Å². The average Bonchev–Trinajstić information content (AvgIpc) is 2.35. The molecule has 0 spiro atoms. The fourth-order valence-electron chi connectivity index (χ4n) is 2.34. The van der Waals surface area contributed by atoms with Crippen molar-refractivity contribution in [2.75, 3.05) is 25.0 Å². The maximum atomic E-state index is 5.67. The van der Waals surface area contributed by atoms with Crippen LogP contribution in [0, 0.1) is 0 Å². The normalized spacial score (nSPS) is 25.2. The van der Waals surface area contributed by atoms with Crippen molar-refractivity contribution >= 4 is 23.0 Å². The third-order valence-corrected chi connectivity index (χ3v) is 3.95. The van der Waals surface area contributed by atoms with Gasteiger partial charge in [-0.25, -0.2) is 4.98 Å². The SMILES string of the molecule is CC1CN(c2cc(C(N)=S)ccn2)CC(C)N1C. The van der Waals surface area contributed by atoms with Gasteiger partial charge in [0.1, 0.15) is 10.8 Å². The van der Waals surface area contributed by atoms with Crippen LogP contribution < -0.4 is 10.6 Å². The molecular weight excluding hydrogens is 244 g/mol. The van der Waals surface area contributed by atoms with Gasteiger partial charge in [0, 0.05) is 36.9 Å². The summed E-state index contributed by atoms with van der Waals surface area (Å²) in [6.07, 6.45) is 1.78. The first-order valence-electron chi connectivity index (χ1n) is 6.21. The molecule has 2 atom stereocenters. The lowest BCUT2D eigenvalue weighted by Gasteiger charge is -2.43. The molecule has 0 radical (unpaired) electrons. The van der Waals surface area contributed by atoms with E-state index < -0.39 is 0 Å². The molecule has 1 saturated heterocycles. The lowest BCUT2D eigenvalue weighted by Crippen LogP contribution is -2.55. The number of likely N-dealkylation sites (N-methyl/N-ethyl adjacent to an activating group) is 1. The Balaban J connectivity index is 2.21. The second-order valence-corrected chi connectivity index (χ2v) is 5.48. The Hall–Kier alpha value is -1.20. The summed E-state index contributed by atoms with van der Waals surface area (Å²) in [5.41, 5.74) is 6.55. The van der Waals surface area contributed by atoms with E-state index in [-0.39, 0.29) is 0 Å². The highest BCUT2D eigenvalue weighted by molar-refractivity contribution is 7.80. The molecule has 2 rings (SSSR count). The Kier molecular flexibility index (Phi) is 3.82. The molecule has 0 saturated carbocycles. The maximum Gasteiger partial charge on any atom is 0.129 e. The van der Waals surface area contributed by atoms with Crippen molar-refractivity contribution in [2.24, 2.45) is 5.73 Å². The molecule has 1 aromatic heterocycles. The molecule has 1 aliphatic heterocycles. The molecule has 5 heteroatoms. The van der Waals surface area contributed by atoms with Gasteiger partial charge in [0.2, 0.25) is 0 Å². The van der Waals surface area contributed by atoms with Crippen LogP contribution in [0.15, 0.2) is 18.3 Å². The van der Waals surface area contributed by atoms with Gasteiger partial charge in [-0.15, -0.1) is 0 Å². The van der Waals surface area contributed by atoms with E-state index in [9.17, 15) is 0 Å². The molecule has 0 aromatic carbocycles. The number of rotatable bonds is 2. The Bertz CT molecular complexity index is 436. The summed E-state index contributed by atoms with van der Waals surface area (Å²) in [5, 5.41) is 0. The standard InChI is InChI=1S/C13H20N4S/c1-9-7-17(8-10(2)16(9)3)12-6-11(13(14)18)4-5-15-12/h4-6,9-10H,7-8H2,1-3H3,(H2,14,18). The molecule has 2 N–H and O–H groups in total. The Morgan fingerprint density at radius 2 is 2.00 bits per heavy atom. The number of pyridine rings is 1. The first kappa shape index (κ1) is 13.2. The zero-order chi connectivity index (χ0) is 13.3. The van der Waals surface area contributed by atoms with E-state index >= 15 is 0 Å². The van der Waals surface area contributed by atoms with E-state index in [2.05, 4.69) is 35.7 Å². The molecule has 98 valence electrons. The van der Waals surface area contributed by atoms with Gasteiger partial charge in [0.05, 0.1) is 0 Å². The van der Waals surface area contributed by atoms with E-state index in [0.717, 1.165) is 24.5 Å². The van der Waals surface area contributed by atoms with Crippen LogP contribution in [0.4, 0.5) is 5.82 Å². The van der Waals surface area contributed by atoms with Crippen LogP contribution in [0.25, 0.3) is 0 Å². The van der Waals surface area contributed by atoms with Crippen molar-refractivity contribution in [1.82, 2.24) is 9.88 Å². The number of aromatic nitrogens is 1.